The fraction of sp³-hybridized carbons (Fsp3) is 0.250. The molecule has 4 nitrogen and oxygen atoms in total. The van der Waals surface area contributed by atoms with Gasteiger partial charge in [0.2, 0.25) is 5.24 Å². The largest absolute Gasteiger partial charge is 0.352 e. The van der Waals surface area contributed by atoms with E-state index in [9.17, 15) is 9.36 Å². The average molecular weight is 185 g/mol. The van der Waals surface area contributed by atoms with Gasteiger partial charge in [0.1, 0.15) is 0 Å². The van der Waals surface area contributed by atoms with Crippen LogP contribution in [0.25, 0.3) is 0 Å². The minimum absolute atomic E-state index is 0.451. The fourth-order valence-corrected chi connectivity index (χ4v) is 0.867. The normalized spacial score (nSPS) is 11.1. The predicted molar refractivity (Wildman–Crippen MR) is 36.7 cm³/mol. The first-order valence-corrected chi connectivity index (χ1v) is 4.25. The van der Waals surface area contributed by atoms with Crippen LogP contribution in [0.2, 0.25) is 0 Å². The third kappa shape index (κ3) is 3.80. The van der Waals surface area contributed by atoms with E-state index in [1.807, 2.05) is 0 Å². The molecule has 0 aromatic heterocycles. The van der Waals surface area contributed by atoms with Crippen LogP contribution in [0.5, 0.6) is 0 Å². The van der Waals surface area contributed by atoms with Gasteiger partial charge in [-0.25, -0.2) is 0 Å². The van der Waals surface area contributed by atoms with Gasteiger partial charge in [0.05, 0.1) is 6.42 Å². The number of hydrogen-bond acceptors (Lipinski definition) is 2. The molecule has 0 spiro atoms. The fourth-order valence-electron chi connectivity index (χ4n) is 0.263. The van der Waals surface area contributed by atoms with Crippen LogP contribution in [0.3, 0.4) is 0 Å². The number of allylic oxidation sites excluding steroid dienone is 1. The molecule has 0 radical (unpaired) electrons. The third-order valence-corrected chi connectivity index (χ3v) is 1.87. The van der Waals surface area contributed by atoms with Crippen LogP contribution < -0.4 is 0 Å². The highest BCUT2D eigenvalue weighted by atomic mass is 35.5. The molecule has 0 atom stereocenters. The van der Waals surface area contributed by atoms with E-state index >= 15 is 0 Å². The monoisotopic (exact) mass is 184 g/mol. The molecule has 0 aromatic carbocycles. The molecule has 0 amide bonds. The molecule has 0 bridgehead atoms. The van der Waals surface area contributed by atoms with Gasteiger partial charge in [0.15, 0.2) is 0 Å². The van der Waals surface area contributed by atoms with Gasteiger partial charge in [0, 0.05) is 5.31 Å². The van der Waals surface area contributed by atoms with Gasteiger partial charge >= 0.3 is 7.60 Å². The second kappa shape index (κ2) is 3.30. The van der Waals surface area contributed by atoms with Gasteiger partial charge in [-0.15, -0.1) is 0 Å². The van der Waals surface area contributed by atoms with Crippen molar-refractivity contribution in [2.75, 3.05) is 0 Å². The van der Waals surface area contributed by atoms with Gasteiger partial charge in [-0.05, 0) is 11.6 Å². The Labute approximate surface area is 62.7 Å². The van der Waals surface area contributed by atoms with Gasteiger partial charge in [-0.2, -0.15) is 0 Å². The first-order chi connectivity index (χ1) is 4.34. The van der Waals surface area contributed by atoms with Crippen LogP contribution in [-0.4, -0.2) is 15.0 Å². The van der Waals surface area contributed by atoms with Crippen molar-refractivity contribution in [3.05, 3.63) is 11.9 Å². The summed E-state index contributed by atoms with van der Waals surface area (Å²) in [5.41, 5.74) is 0. The molecule has 0 saturated heterocycles. The van der Waals surface area contributed by atoms with Crippen molar-refractivity contribution in [2.45, 2.75) is 6.42 Å². The Balaban J connectivity index is 4.13. The number of carbonyl (C=O) groups is 1. The quantitative estimate of drug-likeness (QED) is 0.503. The number of hydrogen-bond donors (Lipinski definition) is 2. The highest BCUT2D eigenvalue weighted by Gasteiger charge is 2.19. The molecular formula is C4H6ClO4P. The van der Waals surface area contributed by atoms with Crippen LogP contribution in [0, 0.1) is 0 Å². The van der Waals surface area contributed by atoms with E-state index in [1.165, 1.54) is 0 Å². The van der Waals surface area contributed by atoms with E-state index in [1.54, 1.807) is 0 Å². The van der Waals surface area contributed by atoms with Crippen molar-refractivity contribution in [2.24, 2.45) is 0 Å². The molecule has 0 aliphatic heterocycles. The topological polar surface area (TPSA) is 74.6 Å². The number of halogens is 1. The Morgan fingerprint density at radius 3 is 2.10 bits per heavy atom. The second-order valence-electron chi connectivity index (χ2n) is 1.64. The molecule has 0 aromatic rings. The lowest BCUT2D eigenvalue weighted by Gasteiger charge is -2.02. The van der Waals surface area contributed by atoms with Crippen molar-refractivity contribution in [3.8, 4) is 0 Å². The Hall–Kier alpha value is -0.150. The molecule has 58 valence electrons. The van der Waals surface area contributed by atoms with Gasteiger partial charge in [-0.1, -0.05) is 6.58 Å². The summed E-state index contributed by atoms with van der Waals surface area (Å²) in [6.45, 7) is 3.00. The van der Waals surface area contributed by atoms with Crippen molar-refractivity contribution in [1.82, 2.24) is 0 Å². The number of carbonyl (C=O) groups excluding carboxylic acids is 1. The summed E-state index contributed by atoms with van der Waals surface area (Å²) in [6, 6.07) is 0. The minimum atomic E-state index is -4.31. The molecule has 10 heavy (non-hydrogen) atoms. The summed E-state index contributed by atoms with van der Waals surface area (Å²) >= 11 is 4.84. The average Bonchev–Trinajstić information content (AvgIpc) is 1.60. The van der Waals surface area contributed by atoms with Gasteiger partial charge < -0.3 is 9.79 Å². The zero-order valence-electron chi connectivity index (χ0n) is 4.95. The van der Waals surface area contributed by atoms with Crippen LogP contribution >= 0.6 is 19.2 Å². The first-order valence-electron chi connectivity index (χ1n) is 2.26. The zero-order valence-corrected chi connectivity index (χ0v) is 6.60. The zero-order chi connectivity index (χ0) is 8.36. The molecule has 0 rings (SSSR count). The summed E-state index contributed by atoms with van der Waals surface area (Å²) in [4.78, 5) is 26.7. The summed E-state index contributed by atoms with van der Waals surface area (Å²) in [6.07, 6.45) is -0.480. The highest BCUT2D eigenvalue weighted by molar-refractivity contribution is 7.56. The minimum Gasteiger partial charge on any atom is -0.321 e. The van der Waals surface area contributed by atoms with Crippen molar-refractivity contribution >= 4 is 24.4 Å². The molecule has 0 fully saturated rings. The summed E-state index contributed by atoms with van der Waals surface area (Å²) < 4.78 is 10.3. The van der Waals surface area contributed by atoms with Crippen LogP contribution in [0.15, 0.2) is 11.9 Å². The Kier molecular flexibility index (Phi) is 3.25. The summed E-state index contributed by atoms with van der Waals surface area (Å²) in [5.74, 6) is 0. The van der Waals surface area contributed by atoms with E-state index in [2.05, 4.69) is 6.58 Å². The third-order valence-electron chi connectivity index (χ3n) is 0.755. The lowest BCUT2D eigenvalue weighted by Crippen LogP contribution is -1.90. The maximum absolute atomic E-state index is 10.3. The molecule has 0 saturated carbocycles. The molecule has 0 heterocycles. The predicted octanol–water partition coefficient (Wildman–Crippen LogP) is 0.833. The molecule has 0 aliphatic carbocycles. The van der Waals surface area contributed by atoms with Crippen LogP contribution in [0.4, 0.5) is 0 Å². The first kappa shape index (κ1) is 9.85. The van der Waals surface area contributed by atoms with Crippen molar-refractivity contribution < 1.29 is 19.1 Å². The Morgan fingerprint density at radius 2 is 2.00 bits per heavy atom. The second-order valence-corrected chi connectivity index (χ2v) is 3.78. The SMILES string of the molecule is C=C(CC(=O)Cl)P(=O)(O)O. The van der Waals surface area contributed by atoms with Gasteiger partial charge in [-0.3, -0.25) is 9.36 Å². The van der Waals surface area contributed by atoms with Crippen molar-refractivity contribution in [3.63, 3.8) is 0 Å². The molecule has 0 aliphatic rings. The number of rotatable bonds is 3. The molecule has 2 N–H and O–H groups in total. The van der Waals surface area contributed by atoms with E-state index < -0.39 is 24.6 Å². The Bertz CT molecular complexity index is 205. The standard InChI is InChI=1S/C4H6ClO4P/c1-3(2-4(5)6)10(7,8)9/h1-2H2,(H2,7,8,9). The maximum atomic E-state index is 10.3. The van der Waals surface area contributed by atoms with E-state index in [0.717, 1.165) is 0 Å². The van der Waals surface area contributed by atoms with Crippen molar-refractivity contribution in [1.29, 1.82) is 0 Å². The molecule has 6 heteroatoms. The maximum Gasteiger partial charge on any atom is 0.352 e. The molecule has 0 unspecified atom stereocenters. The molecular weight excluding hydrogens is 178 g/mol. The van der Waals surface area contributed by atoms with E-state index in [4.69, 9.17) is 21.4 Å². The van der Waals surface area contributed by atoms with E-state index in [0.29, 0.717) is 0 Å². The summed E-state index contributed by atoms with van der Waals surface area (Å²) in [5, 5.41) is -1.28. The Morgan fingerprint density at radius 1 is 1.60 bits per heavy atom. The lowest BCUT2D eigenvalue weighted by molar-refractivity contribution is -0.111. The highest BCUT2D eigenvalue weighted by Crippen LogP contribution is 2.45. The van der Waals surface area contributed by atoms with Crippen LogP contribution in [-0.2, 0) is 9.36 Å². The van der Waals surface area contributed by atoms with E-state index in [-0.39, 0.29) is 0 Å². The summed E-state index contributed by atoms with van der Waals surface area (Å²) in [7, 11) is -4.31. The van der Waals surface area contributed by atoms with Crippen LogP contribution in [0.1, 0.15) is 6.42 Å². The lowest BCUT2D eigenvalue weighted by atomic mass is 10.5. The van der Waals surface area contributed by atoms with Gasteiger partial charge in [0.25, 0.3) is 0 Å². The smallest absolute Gasteiger partial charge is 0.321 e.